The number of nitrogen functional groups attached to an aromatic ring is 1. The fraction of sp³-hybridized carbons (Fsp3) is 0.556. The van der Waals surface area contributed by atoms with Gasteiger partial charge in [0.15, 0.2) is 0 Å². The van der Waals surface area contributed by atoms with Gasteiger partial charge in [-0.3, -0.25) is 0 Å². The molecule has 8 heteroatoms. The summed E-state index contributed by atoms with van der Waals surface area (Å²) < 4.78 is 36.9. The van der Waals surface area contributed by atoms with E-state index in [0.717, 1.165) is 11.3 Å². The Kier molecular flexibility index (Phi) is 4.00. The van der Waals surface area contributed by atoms with Gasteiger partial charge in [-0.1, -0.05) is 0 Å². The van der Waals surface area contributed by atoms with Crippen LogP contribution >= 0.6 is 11.3 Å². The highest BCUT2D eigenvalue weighted by Gasteiger charge is 2.20. The molecule has 2 rings (SSSR count). The first-order valence-corrected chi connectivity index (χ1v) is 7.47. The monoisotopic (exact) mass is 278 g/mol. The Morgan fingerprint density at radius 1 is 1.53 bits per heavy atom. The van der Waals surface area contributed by atoms with Gasteiger partial charge in [0.25, 0.3) is 0 Å². The molecule has 0 aliphatic carbocycles. The van der Waals surface area contributed by atoms with E-state index in [4.69, 9.17) is 15.2 Å². The van der Waals surface area contributed by atoms with Crippen LogP contribution in [0.4, 0.5) is 5.69 Å². The van der Waals surface area contributed by atoms with Crippen LogP contribution in [0.2, 0.25) is 0 Å². The molecule has 1 unspecified atom stereocenters. The summed E-state index contributed by atoms with van der Waals surface area (Å²) in [6.07, 6.45) is -0.226. The number of hydrogen-bond acceptors (Lipinski definition) is 6. The van der Waals surface area contributed by atoms with Gasteiger partial charge in [0.1, 0.15) is 4.21 Å². The standard InChI is InChI=1S/C9H14N2O4S2/c10-7-3-9(16-6-7)17(12,13)11-4-8-5-14-1-2-15-8/h3,6,8,11H,1-2,4-5,10H2. The van der Waals surface area contributed by atoms with Crippen molar-refractivity contribution in [2.24, 2.45) is 0 Å². The lowest BCUT2D eigenvalue weighted by molar-refractivity contribution is -0.0846. The molecule has 96 valence electrons. The van der Waals surface area contributed by atoms with E-state index in [9.17, 15) is 8.42 Å². The first kappa shape index (κ1) is 12.8. The molecular weight excluding hydrogens is 264 g/mol. The van der Waals surface area contributed by atoms with Crippen molar-refractivity contribution in [2.45, 2.75) is 10.3 Å². The van der Waals surface area contributed by atoms with Crippen molar-refractivity contribution in [3.8, 4) is 0 Å². The molecule has 1 atom stereocenters. The maximum absolute atomic E-state index is 11.8. The van der Waals surface area contributed by atoms with Gasteiger partial charge in [-0.25, -0.2) is 13.1 Å². The molecule has 0 spiro atoms. The molecule has 1 aromatic heterocycles. The van der Waals surface area contributed by atoms with E-state index in [-0.39, 0.29) is 16.9 Å². The summed E-state index contributed by atoms with van der Waals surface area (Å²) in [6.45, 7) is 1.68. The zero-order chi connectivity index (χ0) is 12.3. The van der Waals surface area contributed by atoms with Gasteiger partial charge >= 0.3 is 0 Å². The number of rotatable bonds is 4. The minimum absolute atomic E-state index is 0.208. The van der Waals surface area contributed by atoms with E-state index in [1.807, 2.05) is 0 Å². The van der Waals surface area contributed by atoms with Gasteiger partial charge in [0, 0.05) is 17.6 Å². The fourth-order valence-corrected chi connectivity index (χ4v) is 3.59. The van der Waals surface area contributed by atoms with Crippen LogP contribution in [0.5, 0.6) is 0 Å². The van der Waals surface area contributed by atoms with E-state index in [1.165, 1.54) is 6.07 Å². The Labute approximate surface area is 104 Å². The van der Waals surface area contributed by atoms with Crippen LogP contribution in [0, 0.1) is 0 Å². The molecule has 1 aromatic rings. The molecular formula is C9H14N2O4S2. The first-order chi connectivity index (χ1) is 8.08. The van der Waals surface area contributed by atoms with Gasteiger partial charge in [0.2, 0.25) is 10.0 Å². The van der Waals surface area contributed by atoms with Gasteiger partial charge in [-0.15, -0.1) is 11.3 Å². The average Bonchev–Trinajstić information content (AvgIpc) is 2.76. The number of anilines is 1. The minimum atomic E-state index is -3.49. The number of hydrogen-bond donors (Lipinski definition) is 2. The number of thiophene rings is 1. The normalized spacial score (nSPS) is 21.5. The van der Waals surface area contributed by atoms with Crippen LogP contribution in [-0.4, -0.2) is 40.9 Å². The highest BCUT2D eigenvalue weighted by molar-refractivity contribution is 7.91. The van der Waals surface area contributed by atoms with Crippen LogP contribution in [-0.2, 0) is 19.5 Å². The largest absolute Gasteiger partial charge is 0.398 e. The second kappa shape index (κ2) is 5.32. The lowest BCUT2D eigenvalue weighted by Gasteiger charge is -2.22. The predicted molar refractivity (Wildman–Crippen MR) is 64.5 cm³/mol. The summed E-state index contributed by atoms with van der Waals surface area (Å²) in [5.74, 6) is 0. The Bertz CT molecular complexity index is 465. The van der Waals surface area contributed by atoms with E-state index in [0.29, 0.717) is 25.5 Å². The molecule has 0 amide bonds. The molecule has 0 radical (unpaired) electrons. The van der Waals surface area contributed by atoms with Crippen LogP contribution in [0.3, 0.4) is 0 Å². The van der Waals surface area contributed by atoms with E-state index >= 15 is 0 Å². The van der Waals surface area contributed by atoms with Crippen LogP contribution in [0.15, 0.2) is 15.7 Å². The third-order valence-electron chi connectivity index (χ3n) is 2.25. The lowest BCUT2D eigenvalue weighted by Crippen LogP contribution is -2.39. The zero-order valence-corrected chi connectivity index (χ0v) is 10.7. The van der Waals surface area contributed by atoms with Crippen molar-refractivity contribution in [1.29, 1.82) is 0 Å². The zero-order valence-electron chi connectivity index (χ0n) is 9.09. The molecule has 0 bridgehead atoms. The molecule has 6 nitrogen and oxygen atoms in total. The molecule has 3 N–H and O–H groups in total. The van der Waals surface area contributed by atoms with E-state index < -0.39 is 10.0 Å². The minimum Gasteiger partial charge on any atom is -0.398 e. The molecule has 17 heavy (non-hydrogen) atoms. The summed E-state index contributed by atoms with van der Waals surface area (Å²) in [5, 5.41) is 1.59. The lowest BCUT2D eigenvalue weighted by atomic mass is 10.3. The fourth-order valence-electron chi connectivity index (χ4n) is 1.40. The Hall–Kier alpha value is -0.670. The van der Waals surface area contributed by atoms with Crippen molar-refractivity contribution in [1.82, 2.24) is 4.72 Å². The molecule has 0 aromatic carbocycles. The van der Waals surface area contributed by atoms with Crippen molar-refractivity contribution in [3.05, 3.63) is 11.4 Å². The topological polar surface area (TPSA) is 90.7 Å². The van der Waals surface area contributed by atoms with E-state index in [2.05, 4.69) is 4.72 Å². The van der Waals surface area contributed by atoms with Crippen molar-refractivity contribution in [3.63, 3.8) is 0 Å². The average molecular weight is 278 g/mol. The van der Waals surface area contributed by atoms with Gasteiger partial charge in [-0.05, 0) is 6.07 Å². The second-order valence-corrected chi connectivity index (χ2v) is 6.52. The number of nitrogens with one attached hydrogen (secondary N) is 1. The molecule has 2 heterocycles. The maximum Gasteiger partial charge on any atom is 0.250 e. The van der Waals surface area contributed by atoms with Crippen molar-refractivity contribution < 1.29 is 17.9 Å². The van der Waals surface area contributed by atoms with Crippen LogP contribution < -0.4 is 10.5 Å². The molecule has 1 aliphatic rings. The Morgan fingerprint density at radius 2 is 2.35 bits per heavy atom. The highest BCUT2D eigenvalue weighted by atomic mass is 32.2. The predicted octanol–water partition coefficient (Wildman–Crippen LogP) is 0.0240. The van der Waals surface area contributed by atoms with E-state index in [1.54, 1.807) is 5.38 Å². The van der Waals surface area contributed by atoms with Crippen molar-refractivity contribution >= 4 is 27.0 Å². The number of sulfonamides is 1. The molecule has 0 saturated carbocycles. The van der Waals surface area contributed by atoms with Gasteiger partial charge < -0.3 is 15.2 Å². The van der Waals surface area contributed by atoms with Crippen LogP contribution in [0.25, 0.3) is 0 Å². The molecule has 1 saturated heterocycles. The quantitative estimate of drug-likeness (QED) is 0.810. The number of nitrogens with two attached hydrogens (primary N) is 1. The summed E-state index contributed by atoms with van der Waals surface area (Å²) in [7, 11) is -3.49. The summed E-state index contributed by atoms with van der Waals surface area (Å²) >= 11 is 1.10. The summed E-state index contributed by atoms with van der Waals surface area (Å²) in [5.41, 5.74) is 5.94. The van der Waals surface area contributed by atoms with Gasteiger partial charge in [0.05, 0.1) is 25.9 Å². The number of ether oxygens (including phenoxy) is 2. The first-order valence-electron chi connectivity index (χ1n) is 5.11. The SMILES string of the molecule is Nc1csc(S(=O)(=O)NCC2COCCO2)c1. The third kappa shape index (κ3) is 3.39. The Balaban J connectivity index is 1.93. The van der Waals surface area contributed by atoms with Crippen molar-refractivity contribution in [2.75, 3.05) is 32.1 Å². The second-order valence-electron chi connectivity index (χ2n) is 3.62. The molecule has 1 fully saturated rings. The molecule has 1 aliphatic heterocycles. The summed E-state index contributed by atoms with van der Waals surface area (Å²) in [4.78, 5) is 0. The van der Waals surface area contributed by atoms with Crippen LogP contribution in [0.1, 0.15) is 0 Å². The maximum atomic E-state index is 11.8. The van der Waals surface area contributed by atoms with Gasteiger partial charge in [-0.2, -0.15) is 0 Å². The Morgan fingerprint density at radius 3 is 2.94 bits per heavy atom. The smallest absolute Gasteiger partial charge is 0.250 e. The third-order valence-corrected chi connectivity index (χ3v) is 5.13. The highest BCUT2D eigenvalue weighted by Crippen LogP contribution is 2.21. The summed E-state index contributed by atoms with van der Waals surface area (Å²) in [6, 6.07) is 1.44.